The molecule has 9 rings (SSSR count). The van der Waals surface area contributed by atoms with Crippen LogP contribution in [0.4, 0.5) is 0 Å². The number of nitrogens with zero attached hydrogens (tertiary/aromatic N) is 7. The molecular weight excluding hydrogens is 687 g/mol. The predicted octanol–water partition coefficient (Wildman–Crippen LogP) is 11.3. The minimum absolute atomic E-state index is 0.505. The van der Waals surface area contributed by atoms with Gasteiger partial charge in [-0.05, 0) is 46.5 Å². The molecule has 0 atom stereocenters. The van der Waals surface area contributed by atoms with E-state index in [-0.39, 0.29) is 0 Å². The van der Waals surface area contributed by atoms with Crippen LogP contribution in [-0.2, 0) is 0 Å². The van der Waals surface area contributed by atoms with Crippen LogP contribution < -0.4 is 0 Å². The lowest BCUT2D eigenvalue weighted by molar-refractivity contribution is 1.07. The smallest absolute Gasteiger partial charge is 0.164 e. The van der Waals surface area contributed by atoms with Crippen LogP contribution in [0.3, 0.4) is 0 Å². The number of aromatic nitrogens is 6. The van der Waals surface area contributed by atoms with Crippen LogP contribution in [0.5, 0.6) is 0 Å². The monoisotopic (exact) mass is 717 g/mol. The van der Waals surface area contributed by atoms with Gasteiger partial charge in [0.15, 0.2) is 34.9 Å². The molecule has 0 amide bonds. The molecule has 0 aliphatic carbocycles. The van der Waals surface area contributed by atoms with Crippen molar-refractivity contribution >= 4 is 0 Å². The van der Waals surface area contributed by atoms with Gasteiger partial charge in [0, 0.05) is 33.4 Å². The lowest BCUT2D eigenvalue weighted by Crippen LogP contribution is -2.02. The Morgan fingerprint density at radius 2 is 0.571 bits per heavy atom. The molecule has 0 aliphatic heterocycles. The summed E-state index contributed by atoms with van der Waals surface area (Å²) >= 11 is 0. The summed E-state index contributed by atoms with van der Waals surface area (Å²) in [5.74, 6) is 3.32. The lowest BCUT2D eigenvalue weighted by atomic mass is 9.91. The first-order valence-electron chi connectivity index (χ1n) is 18.2. The van der Waals surface area contributed by atoms with Crippen LogP contribution in [-0.4, -0.2) is 29.9 Å². The summed E-state index contributed by atoms with van der Waals surface area (Å²) in [6.45, 7) is 0. The van der Waals surface area contributed by atoms with Crippen molar-refractivity contribution in [3.63, 3.8) is 0 Å². The molecule has 2 heterocycles. The molecule has 7 aromatic carbocycles. The van der Waals surface area contributed by atoms with E-state index < -0.39 is 0 Å². The second-order valence-electron chi connectivity index (χ2n) is 13.1. The average Bonchev–Trinajstić information content (AvgIpc) is 3.29. The third kappa shape index (κ3) is 6.94. The maximum absolute atomic E-state index is 10.2. The van der Waals surface area contributed by atoms with E-state index in [0.717, 1.165) is 55.6 Å². The molecule has 0 fully saturated rings. The van der Waals surface area contributed by atoms with Gasteiger partial charge in [0.25, 0.3) is 0 Å². The van der Waals surface area contributed by atoms with Gasteiger partial charge < -0.3 is 0 Å². The summed E-state index contributed by atoms with van der Waals surface area (Å²) in [5, 5.41) is 10.2. The zero-order valence-electron chi connectivity index (χ0n) is 30.0. The Labute approximate surface area is 324 Å². The summed E-state index contributed by atoms with van der Waals surface area (Å²) in [6, 6.07) is 64.1. The van der Waals surface area contributed by atoms with E-state index >= 15 is 0 Å². The van der Waals surface area contributed by atoms with Gasteiger partial charge in [0.1, 0.15) is 0 Å². The summed E-state index contributed by atoms with van der Waals surface area (Å²) < 4.78 is 0. The van der Waals surface area contributed by atoms with Gasteiger partial charge in [-0.15, -0.1) is 0 Å². The maximum Gasteiger partial charge on any atom is 0.164 e. The molecule has 0 radical (unpaired) electrons. The third-order valence-electron chi connectivity index (χ3n) is 9.43. The first-order chi connectivity index (χ1) is 27.7. The Morgan fingerprint density at radius 3 is 1.00 bits per heavy atom. The molecule has 262 valence electrons. The van der Waals surface area contributed by atoms with Gasteiger partial charge in [-0.25, -0.2) is 29.9 Å². The number of nitriles is 1. The van der Waals surface area contributed by atoms with Crippen molar-refractivity contribution in [1.82, 2.24) is 29.9 Å². The van der Waals surface area contributed by atoms with E-state index in [1.54, 1.807) is 0 Å². The predicted molar refractivity (Wildman–Crippen MR) is 221 cm³/mol. The SMILES string of the molecule is N#Cc1ccccc1-c1cc(-c2nc(-c3ccccc3)nc(-c3ccccc3)n2)cc(-c2ccccc2-c2nc(-c3ccccc3)nc(-c3ccccc3)n2)c1. The fourth-order valence-corrected chi connectivity index (χ4v) is 6.70. The van der Waals surface area contributed by atoms with Gasteiger partial charge in [0.2, 0.25) is 0 Å². The molecule has 56 heavy (non-hydrogen) atoms. The van der Waals surface area contributed by atoms with Crippen molar-refractivity contribution < 1.29 is 0 Å². The van der Waals surface area contributed by atoms with Crippen LogP contribution in [0.25, 0.3) is 90.6 Å². The van der Waals surface area contributed by atoms with Gasteiger partial charge >= 0.3 is 0 Å². The van der Waals surface area contributed by atoms with Gasteiger partial charge in [-0.2, -0.15) is 5.26 Å². The van der Waals surface area contributed by atoms with E-state index in [1.165, 1.54) is 0 Å². The summed E-state index contributed by atoms with van der Waals surface area (Å²) in [4.78, 5) is 30.1. The van der Waals surface area contributed by atoms with Gasteiger partial charge in [-0.1, -0.05) is 164 Å². The minimum atomic E-state index is 0.505. The van der Waals surface area contributed by atoms with Crippen molar-refractivity contribution in [1.29, 1.82) is 5.26 Å². The summed E-state index contributed by atoms with van der Waals surface area (Å²) in [5.41, 5.74) is 9.11. The Balaban J connectivity index is 1.28. The number of rotatable bonds is 8. The molecule has 7 heteroatoms. The first kappa shape index (κ1) is 33.9. The largest absolute Gasteiger partial charge is 0.208 e. The third-order valence-corrected chi connectivity index (χ3v) is 9.43. The topological polar surface area (TPSA) is 101 Å². The highest BCUT2D eigenvalue weighted by Gasteiger charge is 2.19. The number of hydrogen-bond donors (Lipinski definition) is 0. The Morgan fingerprint density at radius 1 is 0.268 bits per heavy atom. The quantitative estimate of drug-likeness (QED) is 0.154. The van der Waals surface area contributed by atoms with Crippen LogP contribution in [0.2, 0.25) is 0 Å². The molecule has 0 saturated carbocycles. The van der Waals surface area contributed by atoms with Gasteiger partial charge in [-0.3, -0.25) is 0 Å². The molecule has 0 aliphatic rings. The van der Waals surface area contributed by atoms with Crippen LogP contribution in [0, 0.1) is 11.3 Å². The standard InChI is InChI=1S/C49H31N7/c50-32-37-25-13-14-26-41(37)38-29-39(31-40(30-38)48-53-44(33-17-5-1-6-18-33)51-45(54-48)34-19-7-2-8-20-34)42-27-15-16-28-43(42)49-55-46(35-21-9-3-10-22-35)52-47(56-49)36-23-11-4-12-24-36/h1-31H. The normalized spacial score (nSPS) is 10.8. The molecule has 0 bridgehead atoms. The molecule has 7 nitrogen and oxygen atoms in total. The maximum atomic E-state index is 10.2. The van der Waals surface area contributed by atoms with Crippen molar-refractivity contribution in [2.45, 2.75) is 0 Å². The molecule has 0 saturated heterocycles. The van der Waals surface area contributed by atoms with E-state index in [4.69, 9.17) is 29.9 Å². The highest BCUT2D eigenvalue weighted by molar-refractivity contribution is 5.88. The molecular formula is C49H31N7. The van der Waals surface area contributed by atoms with E-state index in [2.05, 4.69) is 24.3 Å². The molecule has 9 aromatic rings. The highest BCUT2D eigenvalue weighted by atomic mass is 15.0. The fourth-order valence-electron chi connectivity index (χ4n) is 6.70. The van der Waals surface area contributed by atoms with E-state index in [9.17, 15) is 5.26 Å². The zero-order chi connectivity index (χ0) is 37.7. The second-order valence-corrected chi connectivity index (χ2v) is 13.1. The van der Waals surface area contributed by atoms with Crippen molar-refractivity contribution in [3.05, 3.63) is 194 Å². The van der Waals surface area contributed by atoms with Crippen LogP contribution in [0.15, 0.2) is 188 Å². The van der Waals surface area contributed by atoms with Crippen molar-refractivity contribution in [3.8, 4) is 96.7 Å². The average molecular weight is 718 g/mol. The fraction of sp³-hybridized carbons (Fsp3) is 0. The number of hydrogen-bond acceptors (Lipinski definition) is 7. The molecule has 2 aromatic heterocycles. The molecule has 0 N–H and O–H groups in total. The van der Waals surface area contributed by atoms with Crippen LogP contribution >= 0.6 is 0 Å². The van der Waals surface area contributed by atoms with E-state index in [1.807, 2.05) is 170 Å². The minimum Gasteiger partial charge on any atom is -0.208 e. The second kappa shape index (κ2) is 15.2. The molecule has 0 unspecified atom stereocenters. The Bertz CT molecular complexity index is 2740. The molecule has 0 spiro atoms. The zero-order valence-corrected chi connectivity index (χ0v) is 30.0. The Kier molecular flexibility index (Phi) is 9.18. The first-order valence-corrected chi connectivity index (χ1v) is 18.2. The van der Waals surface area contributed by atoms with Crippen LogP contribution in [0.1, 0.15) is 5.56 Å². The van der Waals surface area contributed by atoms with Crippen molar-refractivity contribution in [2.75, 3.05) is 0 Å². The van der Waals surface area contributed by atoms with E-state index in [0.29, 0.717) is 40.5 Å². The Hall–Kier alpha value is -7.95. The highest BCUT2D eigenvalue weighted by Crippen LogP contribution is 2.38. The van der Waals surface area contributed by atoms with Gasteiger partial charge in [0.05, 0.1) is 11.6 Å². The number of benzene rings is 7. The summed E-state index contributed by atoms with van der Waals surface area (Å²) in [6.07, 6.45) is 0. The lowest BCUT2D eigenvalue weighted by Gasteiger charge is -2.15. The van der Waals surface area contributed by atoms with Crippen molar-refractivity contribution in [2.24, 2.45) is 0 Å². The summed E-state index contributed by atoms with van der Waals surface area (Å²) in [7, 11) is 0.